The number of benzene rings is 1. The van der Waals surface area contributed by atoms with E-state index in [1.807, 2.05) is 0 Å². The van der Waals surface area contributed by atoms with Gasteiger partial charge in [0.05, 0.1) is 19.2 Å². The van der Waals surface area contributed by atoms with E-state index in [4.69, 9.17) is 9.15 Å². The minimum Gasteiger partial charge on any atom is -0.503 e. The molecule has 0 amide bonds. The Bertz CT molecular complexity index is 1030. The van der Waals surface area contributed by atoms with Crippen molar-refractivity contribution < 1.29 is 14.3 Å². The molecule has 0 unspecified atom stereocenters. The number of nitrogens with one attached hydrogen (secondary N) is 1. The summed E-state index contributed by atoms with van der Waals surface area (Å²) < 4.78 is 10.5. The molecule has 0 aliphatic rings. The Hall–Kier alpha value is -3.35. The summed E-state index contributed by atoms with van der Waals surface area (Å²) in [4.78, 5) is 29.4. The van der Waals surface area contributed by atoms with E-state index < -0.39 is 11.2 Å². The van der Waals surface area contributed by atoms with Crippen LogP contribution in [0.2, 0.25) is 0 Å². The Kier molecular flexibility index (Phi) is 4.15. The molecule has 1 aromatic carbocycles. The van der Waals surface area contributed by atoms with Crippen LogP contribution in [0.15, 0.2) is 55.5 Å². The topological polar surface area (TPSA) is 105 Å². The van der Waals surface area contributed by atoms with Crippen molar-refractivity contribution in [2.75, 3.05) is 7.11 Å². The average Bonchev–Trinajstić information content (AvgIpc) is 2.58. The van der Waals surface area contributed by atoms with Gasteiger partial charge < -0.3 is 19.2 Å². The maximum atomic E-state index is 11.5. The SMILES string of the molecule is COc1ccc2ccc(=O)oc2c1C=NCc1cc[nH]c(=O)c1O. The third kappa shape index (κ3) is 2.91. The van der Waals surface area contributed by atoms with Crippen molar-refractivity contribution in [1.82, 2.24) is 4.98 Å². The molecule has 122 valence electrons. The molecule has 0 aliphatic carbocycles. The first-order valence-corrected chi connectivity index (χ1v) is 7.10. The highest BCUT2D eigenvalue weighted by atomic mass is 16.5. The molecule has 0 spiro atoms. The van der Waals surface area contributed by atoms with Gasteiger partial charge in [0.1, 0.15) is 5.75 Å². The van der Waals surface area contributed by atoms with Gasteiger partial charge in [0.15, 0.2) is 11.3 Å². The Morgan fingerprint density at radius 2 is 2.04 bits per heavy atom. The smallest absolute Gasteiger partial charge is 0.336 e. The van der Waals surface area contributed by atoms with Gasteiger partial charge in [-0.05, 0) is 24.3 Å². The monoisotopic (exact) mass is 326 g/mol. The van der Waals surface area contributed by atoms with Crippen LogP contribution in [0.25, 0.3) is 11.0 Å². The molecular weight excluding hydrogens is 312 g/mol. The lowest BCUT2D eigenvalue weighted by Gasteiger charge is -2.07. The van der Waals surface area contributed by atoms with E-state index >= 15 is 0 Å². The third-order valence-electron chi connectivity index (χ3n) is 3.51. The van der Waals surface area contributed by atoms with Crippen LogP contribution in [0.1, 0.15) is 11.1 Å². The Morgan fingerprint density at radius 1 is 1.25 bits per heavy atom. The van der Waals surface area contributed by atoms with Gasteiger partial charge in [-0.1, -0.05) is 0 Å². The third-order valence-corrected chi connectivity index (χ3v) is 3.51. The summed E-state index contributed by atoms with van der Waals surface area (Å²) in [6, 6.07) is 8.07. The van der Waals surface area contributed by atoms with Crippen molar-refractivity contribution in [3.05, 3.63) is 68.4 Å². The van der Waals surface area contributed by atoms with Crippen LogP contribution < -0.4 is 15.9 Å². The molecule has 3 aromatic rings. The summed E-state index contributed by atoms with van der Waals surface area (Å²) in [6.07, 6.45) is 2.93. The number of pyridine rings is 1. The summed E-state index contributed by atoms with van der Waals surface area (Å²) in [5, 5.41) is 10.4. The fourth-order valence-electron chi connectivity index (χ4n) is 2.31. The average molecular weight is 326 g/mol. The van der Waals surface area contributed by atoms with Crippen LogP contribution in [0.5, 0.6) is 11.5 Å². The molecule has 7 heteroatoms. The zero-order chi connectivity index (χ0) is 17.1. The van der Waals surface area contributed by atoms with Crippen molar-refractivity contribution in [3.63, 3.8) is 0 Å². The number of rotatable bonds is 4. The maximum absolute atomic E-state index is 11.5. The molecule has 7 nitrogen and oxygen atoms in total. The summed E-state index contributed by atoms with van der Waals surface area (Å²) in [5.74, 6) is 0.127. The minimum absolute atomic E-state index is 0.0896. The lowest BCUT2D eigenvalue weighted by molar-refractivity contribution is 0.413. The number of hydrogen-bond acceptors (Lipinski definition) is 6. The van der Waals surface area contributed by atoms with E-state index in [1.54, 1.807) is 24.3 Å². The van der Waals surface area contributed by atoms with E-state index in [2.05, 4.69) is 9.98 Å². The first-order chi connectivity index (χ1) is 11.6. The minimum atomic E-state index is -0.573. The fraction of sp³-hybridized carbons (Fsp3) is 0.118. The zero-order valence-electron chi connectivity index (χ0n) is 12.8. The number of aliphatic imine (C=N–C) groups is 1. The van der Waals surface area contributed by atoms with Gasteiger partial charge in [-0.25, -0.2) is 4.79 Å². The van der Waals surface area contributed by atoms with Gasteiger partial charge in [0, 0.05) is 29.4 Å². The van der Waals surface area contributed by atoms with Crippen molar-refractivity contribution in [1.29, 1.82) is 0 Å². The molecule has 0 bridgehead atoms. The number of aromatic nitrogens is 1. The number of fused-ring (bicyclic) bond motifs is 1. The first-order valence-electron chi connectivity index (χ1n) is 7.10. The van der Waals surface area contributed by atoms with Crippen LogP contribution in [-0.4, -0.2) is 23.4 Å². The van der Waals surface area contributed by atoms with E-state index in [-0.39, 0.29) is 12.3 Å². The molecule has 2 N–H and O–H groups in total. The van der Waals surface area contributed by atoms with Crippen molar-refractivity contribution in [3.8, 4) is 11.5 Å². The predicted octanol–water partition coefficient (Wildman–Crippen LogP) is 1.81. The largest absolute Gasteiger partial charge is 0.503 e. The van der Waals surface area contributed by atoms with Gasteiger partial charge >= 0.3 is 5.63 Å². The fourth-order valence-corrected chi connectivity index (χ4v) is 2.31. The van der Waals surface area contributed by atoms with Crippen molar-refractivity contribution in [2.24, 2.45) is 4.99 Å². The van der Waals surface area contributed by atoms with E-state index in [0.717, 1.165) is 5.39 Å². The lowest BCUT2D eigenvalue weighted by atomic mass is 10.1. The van der Waals surface area contributed by atoms with Crippen LogP contribution >= 0.6 is 0 Å². The number of hydrogen-bond donors (Lipinski definition) is 2. The highest BCUT2D eigenvalue weighted by Crippen LogP contribution is 2.25. The van der Waals surface area contributed by atoms with Crippen LogP contribution in [0.3, 0.4) is 0 Å². The zero-order valence-corrected chi connectivity index (χ0v) is 12.8. The molecule has 0 radical (unpaired) electrons. The highest BCUT2D eigenvalue weighted by molar-refractivity contribution is 5.99. The number of H-pyrrole nitrogens is 1. The Balaban J connectivity index is 2.02. The standard InChI is InChI=1S/C17H14N2O5/c1-23-13-4-2-10-3-5-14(20)24-16(10)12(13)9-18-8-11-6-7-19-17(22)15(11)21/h2-7,9,21H,8H2,1H3,(H,19,22). The summed E-state index contributed by atoms with van der Waals surface area (Å²) in [6.45, 7) is 0.0896. The van der Waals surface area contributed by atoms with Gasteiger partial charge in [0.25, 0.3) is 5.56 Å². The van der Waals surface area contributed by atoms with Gasteiger partial charge in [-0.2, -0.15) is 0 Å². The van der Waals surface area contributed by atoms with Crippen molar-refractivity contribution in [2.45, 2.75) is 6.54 Å². The molecule has 0 saturated carbocycles. The summed E-state index contributed by atoms with van der Waals surface area (Å²) in [5.41, 5.74) is 0.211. The Labute approximate surface area is 135 Å². The van der Waals surface area contributed by atoms with E-state index in [1.165, 1.54) is 25.6 Å². The molecule has 0 atom stereocenters. The van der Waals surface area contributed by atoms with Gasteiger partial charge in [-0.15, -0.1) is 0 Å². The number of ether oxygens (including phenoxy) is 1. The second-order valence-electron chi connectivity index (χ2n) is 5.00. The summed E-state index contributed by atoms with van der Waals surface area (Å²) >= 11 is 0. The molecule has 2 heterocycles. The second-order valence-corrected chi connectivity index (χ2v) is 5.00. The number of methoxy groups -OCH3 is 1. The lowest BCUT2D eigenvalue weighted by Crippen LogP contribution is -2.06. The Morgan fingerprint density at radius 3 is 2.83 bits per heavy atom. The number of aromatic hydroxyl groups is 1. The molecule has 2 aromatic heterocycles. The summed E-state index contributed by atoms with van der Waals surface area (Å²) in [7, 11) is 1.50. The predicted molar refractivity (Wildman–Crippen MR) is 89.1 cm³/mol. The van der Waals surface area contributed by atoms with Crippen LogP contribution in [0, 0.1) is 0 Å². The van der Waals surface area contributed by atoms with Gasteiger partial charge in [0.2, 0.25) is 0 Å². The second kappa shape index (κ2) is 6.41. The first kappa shape index (κ1) is 15.5. The quantitative estimate of drug-likeness (QED) is 0.562. The molecule has 0 aliphatic heterocycles. The van der Waals surface area contributed by atoms with Gasteiger partial charge in [-0.3, -0.25) is 9.79 Å². The van der Waals surface area contributed by atoms with Crippen molar-refractivity contribution >= 4 is 17.2 Å². The van der Waals surface area contributed by atoms with E-state index in [9.17, 15) is 14.7 Å². The highest BCUT2D eigenvalue weighted by Gasteiger charge is 2.10. The maximum Gasteiger partial charge on any atom is 0.336 e. The molecule has 24 heavy (non-hydrogen) atoms. The normalized spacial score (nSPS) is 11.2. The molecule has 0 fully saturated rings. The number of aromatic amines is 1. The van der Waals surface area contributed by atoms with Crippen LogP contribution in [-0.2, 0) is 6.54 Å². The molecule has 3 rings (SSSR count). The number of nitrogens with zero attached hydrogens (tertiary/aromatic N) is 1. The van der Waals surface area contributed by atoms with E-state index in [0.29, 0.717) is 22.5 Å². The molecular formula is C17H14N2O5. The molecule has 0 saturated heterocycles. The van der Waals surface area contributed by atoms with Crippen LogP contribution in [0.4, 0.5) is 0 Å².